The predicted molar refractivity (Wildman–Crippen MR) is 102 cm³/mol. The van der Waals surface area contributed by atoms with Crippen LogP contribution >= 0.6 is 0 Å². The molecule has 3 nitrogen and oxygen atoms in total. The third-order valence-electron chi connectivity index (χ3n) is 4.18. The second-order valence-corrected chi connectivity index (χ2v) is 7.61. The molecule has 0 heterocycles. The summed E-state index contributed by atoms with van der Waals surface area (Å²) < 4.78 is 1.12. The van der Waals surface area contributed by atoms with Gasteiger partial charge in [-0.1, -0.05) is 84.0 Å². The van der Waals surface area contributed by atoms with Crippen LogP contribution in [0.2, 0.25) is 0 Å². The molecule has 0 saturated carbocycles. The number of unbranched alkanes of at least 4 members (excludes halogenated alkanes) is 13. The Morgan fingerprint density at radius 1 is 0.500 bits per heavy atom. The molecule has 0 aromatic carbocycles. The molecule has 0 aliphatic carbocycles. The molecule has 0 bridgehead atoms. The number of hydrogen-bond acceptors (Lipinski definition) is 2. The van der Waals surface area contributed by atoms with Crippen molar-refractivity contribution in [2.24, 2.45) is 11.7 Å². The number of nitrogens with two attached hydrogens (primary N) is 2. The Morgan fingerprint density at radius 2 is 0.773 bits per heavy atom. The van der Waals surface area contributed by atoms with Crippen LogP contribution in [-0.4, -0.2) is 32.2 Å². The number of quaternary nitrogens is 1. The zero-order chi connectivity index (χ0) is 17.1. The molecule has 0 amide bonds. The van der Waals surface area contributed by atoms with Crippen LogP contribution in [0.25, 0.3) is 0 Å². The van der Waals surface area contributed by atoms with E-state index in [0.29, 0.717) is 0 Å². The van der Waals surface area contributed by atoms with E-state index < -0.39 is 0 Å². The minimum atomic E-state index is 1.12. The largest absolute Gasteiger partial charge is 0.331 e. The molecular weight excluding hydrogens is 270 g/mol. The van der Waals surface area contributed by atoms with Crippen molar-refractivity contribution < 1.29 is 4.48 Å². The summed E-state index contributed by atoms with van der Waals surface area (Å²) in [6.07, 6.45) is 20.4. The maximum absolute atomic E-state index is 4.00. The first kappa shape index (κ1) is 24.1. The van der Waals surface area contributed by atoms with Gasteiger partial charge in [-0.2, -0.15) is 0 Å². The van der Waals surface area contributed by atoms with Crippen molar-refractivity contribution in [3.05, 3.63) is 0 Å². The third kappa shape index (κ3) is 24.9. The fraction of sp³-hybridized carbons (Fsp3) is 1.00. The Hall–Kier alpha value is -0.120. The lowest BCUT2D eigenvalue weighted by Gasteiger charge is -2.23. The Bertz CT molecular complexity index is 188. The summed E-state index contributed by atoms with van der Waals surface area (Å²) in [6.45, 7) is 3.63. The first-order chi connectivity index (χ1) is 10.6. The fourth-order valence-corrected chi connectivity index (χ4v) is 2.78. The highest BCUT2D eigenvalue weighted by molar-refractivity contribution is 4.49. The van der Waals surface area contributed by atoms with E-state index in [1.165, 1.54) is 96.4 Å². The summed E-state index contributed by atoms with van der Waals surface area (Å²) >= 11 is 0. The van der Waals surface area contributed by atoms with Crippen LogP contribution in [0.4, 0.5) is 0 Å². The van der Waals surface area contributed by atoms with Gasteiger partial charge in [-0.3, -0.25) is 11.7 Å². The highest BCUT2D eigenvalue weighted by Gasteiger charge is 2.04. The lowest BCUT2D eigenvalue weighted by atomic mass is 10.0. The quantitative estimate of drug-likeness (QED) is 0.193. The Labute approximate surface area is 141 Å². The van der Waals surface area contributed by atoms with Gasteiger partial charge < -0.3 is 4.48 Å². The van der Waals surface area contributed by atoms with Crippen LogP contribution in [0.3, 0.4) is 0 Å². The molecule has 0 fully saturated rings. The Kier molecular flexibility index (Phi) is 20.8. The standard InChI is InChI=1S/C19H42N.H4N2/c1-5-6-7-8-9-10-11-12-13-14-15-16-17-18-19-20(2,3)4;1-2/h5-19H2,1-4H3;1-2H2/q+1;. The van der Waals surface area contributed by atoms with Crippen LogP contribution in [0.1, 0.15) is 96.8 Å². The van der Waals surface area contributed by atoms with Crippen LogP contribution in [-0.2, 0) is 0 Å². The SMILES string of the molecule is CCCCCCCCCCCCCCCC[N+](C)(C)C.NN. The first-order valence-corrected chi connectivity index (χ1v) is 9.70. The summed E-state index contributed by atoms with van der Waals surface area (Å²) in [5, 5.41) is 0. The lowest BCUT2D eigenvalue weighted by molar-refractivity contribution is -0.870. The third-order valence-corrected chi connectivity index (χ3v) is 4.18. The van der Waals surface area contributed by atoms with Gasteiger partial charge in [-0.05, 0) is 12.8 Å². The molecule has 0 aliphatic heterocycles. The predicted octanol–water partition coefficient (Wildman–Crippen LogP) is 4.99. The van der Waals surface area contributed by atoms with Crippen molar-refractivity contribution >= 4 is 0 Å². The van der Waals surface area contributed by atoms with E-state index in [1.807, 2.05) is 0 Å². The van der Waals surface area contributed by atoms with E-state index in [1.54, 1.807) is 0 Å². The van der Waals surface area contributed by atoms with Gasteiger partial charge in [0.25, 0.3) is 0 Å². The molecule has 0 rings (SSSR count). The monoisotopic (exact) mass is 316 g/mol. The smallest absolute Gasteiger partial charge is 0.0780 e. The van der Waals surface area contributed by atoms with E-state index in [0.717, 1.165) is 4.48 Å². The molecule has 0 saturated heterocycles. The fourth-order valence-electron chi connectivity index (χ4n) is 2.78. The topological polar surface area (TPSA) is 52.0 Å². The summed E-state index contributed by atoms with van der Waals surface area (Å²) in [4.78, 5) is 0. The molecule has 0 spiro atoms. The molecule has 0 aromatic rings. The minimum Gasteiger partial charge on any atom is -0.331 e. The maximum atomic E-state index is 4.00. The molecule has 22 heavy (non-hydrogen) atoms. The van der Waals surface area contributed by atoms with Gasteiger partial charge in [0.15, 0.2) is 0 Å². The van der Waals surface area contributed by atoms with Crippen molar-refractivity contribution in [1.29, 1.82) is 0 Å². The molecule has 0 unspecified atom stereocenters. The summed E-state index contributed by atoms with van der Waals surface area (Å²) in [6, 6.07) is 0. The second kappa shape index (κ2) is 18.9. The number of hydrogen-bond donors (Lipinski definition) is 2. The normalized spacial score (nSPS) is 11.2. The Morgan fingerprint density at radius 3 is 1.05 bits per heavy atom. The molecule has 4 N–H and O–H groups in total. The first-order valence-electron chi connectivity index (χ1n) is 9.70. The second-order valence-electron chi connectivity index (χ2n) is 7.61. The highest BCUT2D eigenvalue weighted by Crippen LogP contribution is 2.13. The van der Waals surface area contributed by atoms with Crippen LogP contribution < -0.4 is 11.7 Å². The number of hydrazine groups is 1. The van der Waals surface area contributed by atoms with Crippen LogP contribution in [0.5, 0.6) is 0 Å². The van der Waals surface area contributed by atoms with Crippen molar-refractivity contribution in [3.63, 3.8) is 0 Å². The van der Waals surface area contributed by atoms with Gasteiger partial charge >= 0.3 is 0 Å². The van der Waals surface area contributed by atoms with Gasteiger partial charge in [0.05, 0.1) is 27.7 Å². The van der Waals surface area contributed by atoms with Gasteiger partial charge in [-0.15, -0.1) is 0 Å². The van der Waals surface area contributed by atoms with E-state index in [9.17, 15) is 0 Å². The van der Waals surface area contributed by atoms with Gasteiger partial charge in [0.2, 0.25) is 0 Å². The minimum absolute atomic E-state index is 1.12. The van der Waals surface area contributed by atoms with Gasteiger partial charge in [0.1, 0.15) is 0 Å². The van der Waals surface area contributed by atoms with E-state index in [2.05, 4.69) is 39.8 Å². The lowest BCUT2D eigenvalue weighted by Crippen LogP contribution is -2.35. The zero-order valence-corrected chi connectivity index (χ0v) is 16.2. The Balaban J connectivity index is 0. The van der Waals surface area contributed by atoms with Crippen molar-refractivity contribution in [1.82, 2.24) is 0 Å². The average molecular weight is 317 g/mol. The molecule has 0 radical (unpaired) electrons. The van der Waals surface area contributed by atoms with Crippen LogP contribution in [0, 0.1) is 0 Å². The van der Waals surface area contributed by atoms with Gasteiger partial charge in [0, 0.05) is 0 Å². The summed E-state index contributed by atoms with van der Waals surface area (Å²) in [5.41, 5.74) is 0. The number of rotatable bonds is 15. The molecular formula is C19H46N3+. The summed E-state index contributed by atoms with van der Waals surface area (Å²) in [5.74, 6) is 8.00. The zero-order valence-electron chi connectivity index (χ0n) is 16.2. The molecule has 0 atom stereocenters. The van der Waals surface area contributed by atoms with Crippen molar-refractivity contribution in [3.8, 4) is 0 Å². The maximum Gasteiger partial charge on any atom is 0.0780 e. The summed E-state index contributed by atoms with van der Waals surface area (Å²) in [7, 11) is 6.88. The molecule has 136 valence electrons. The molecule has 0 aromatic heterocycles. The van der Waals surface area contributed by atoms with Gasteiger partial charge in [-0.25, -0.2) is 0 Å². The number of nitrogens with zero attached hydrogens (tertiary/aromatic N) is 1. The van der Waals surface area contributed by atoms with Crippen molar-refractivity contribution in [2.45, 2.75) is 96.8 Å². The molecule has 3 heteroatoms. The molecule has 0 aliphatic rings. The van der Waals surface area contributed by atoms with E-state index in [4.69, 9.17) is 0 Å². The average Bonchev–Trinajstić information content (AvgIpc) is 2.48. The van der Waals surface area contributed by atoms with Crippen LogP contribution in [0.15, 0.2) is 0 Å². The van der Waals surface area contributed by atoms with E-state index >= 15 is 0 Å². The highest BCUT2D eigenvalue weighted by atomic mass is 15.3. The van der Waals surface area contributed by atoms with Crippen molar-refractivity contribution in [2.75, 3.05) is 27.7 Å². The van der Waals surface area contributed by atoms with E-state index in [-0.39, 0.29) is 0 Å².